The number of aromatic nitrogens is 1. The largest absolute Gasteiger partial charge is 0.319 e. The number of hydrogen-bond acceptors (Lipinski definition) is 2. The van der Waals surface area contributed by atoms with E-state index in [0.29, 0.717) is 5.69 Å². The predicted molar refractivity (Wildman–Crippen MR) is 62.3 cm³/mol. The molecular weight excluding hydrogens is 203 g/mol. The summed E-state index contributed by atoms with van der Waals surface area (Å²) in [6.45, 7) is 0. The lowest BCUT2D eigenvalue weighted by atomic mass is 9.99. The van der Waals surface area contributed by atoms with Gasteiger partial charge in [0.1, 0.15) is 5.82 Å². The SMILES string of the molecule is NC(C1=CCCCCC1)c1ncccc1F. The second-order valence-electron chi connectivity index (χ2n) is 4.23. The lowest BCUT2D eigenvalue weighted by molar-refractivity contribution is 0.577. The van der Waals surface area contributed by atoms with Crippen molar-refractivity contribution in [2.24, 2.45) is 5.73 Å². The minimum Gasteiger partial charge on any atom is -0.319 e. The Kier molecular flexibility index (Phi) is 3.67. The fourth-order valence-corrected chi connectivity index (χ4v) is 2.12. The Bertz CT molecular complexity index is 387. The van der Waals surface area contributed by atoms with Crippen LogP contribution in [-0.2, 0) is 0 Å². The minimum atomic E-state index is -0.376. The van der Waals surface area contributed by atoms with E-state index >= 15 is 0 Å². The maximum Gasteiger partial charge on any atom is 0.146 e. The smallest absolute Gasteiger partial charge is 0.146 e. The van der Waals surface area contributed by atoms with Gasteiger partial charge in [0, 0.05) is 6.20 Å². The summed E-state index contributed by atoms with van der Waals surface area (Å²) in [5, 5.41) is 0. The summed E-state index contributed by atoms with van der Waals surface area (Å²) in [6.07, 6.45) is 9.36. The first-order valence-electron chi connectivity index (χ1n) is 5.84. The fourth-order valence-electron chi connectivity index (χ4n) is 2.12. The predicted octanol–water partition coefficient (Wildman–Crippen LogP) is 3.11. The van der Waals surface area contributed by atoms with Gasteiger partial charge in [0.15, 0.2) is 0 Å². The maximum atomic E-state index is 13.5. The van der Waals surface area contributed by atoms with Gasteiger partial charge in [-0.1, -0.05) is 18.1 Å². The normalized spacial score (nSPS) is 18.8. The number of pyridine rings is 1. The molecule has 3 heteroatoms. The van der Waals surface area contributed by atoms with Crippen LogP contribution in [-0.4, -0.2) is 4.98 Å². The van der Waals surface area contributed by atoms with E-state index in [1.54, 1.807) is 12.3 Å². The zero-order valence-corrected chi connectivity index (χ0v) is 9.32. The Balaban J connectivity index is 2.21. The van der Waals surface area contributed by atoms with Crippen molar-refractivity contribution in [3.05, 3.63) is 41.5 Å². The average molecular weight is 220 g/mol. The van der Waals surface area contributed by atoms with E-state index in [-0.39, 0.29) is 11.9 Å². The molecule has 0 spiro atoms. The highest BCUT2D eigenvalue weighted by atomic mass is 19.1. The van der Waals surface area contributed by atoms with E-state index in [1.807, 2.05) is 0 Å². The number of nitrogens with two attached hydrogens (primary N) is 1. The maximum absolute atomic E-state index is 13.5. The fraction of sp³-hybridized carbons (Fsp3) is 0.462. The monoisotopic (exact) mass is 220 g/mol. The summed E-state index contributed by atoms with van der Waals surface area (Å²) in [6, 6.07) is 2.63. The van der Waals surface area contributed by atoms with Crippen molar-refractivity contribution in [2.45, 2.75) is 38.1 Å². The molecule has 1 aliphatic rings. The Morgan fingerprint density at radius 2 is 2.19 bits per heavy atom. The molecule has 1 atom stereocenters. The Morgan fingerprint density at radius 1 is 1.31 bits per heavy atom. The molecule has 0 fully saturated rings. The topological polar surface area (TPSA) is 38.9 Å². The first-order chi connectivity index (χ1) is 7.79. The van der Waals surface area contributed by atoms with Gasteiger partial charge in [-0.05, 0) is 37.8 Å². The third kappa shape index (κ3) is 2.47. The molecule has 1 aliphatic carbocycles. The van der Waals surface area contributed by atoms with Gasteiger partial charge in [0.2, 0.25) is 0 Å². The van der Waals surface area contributed by atoms with Gasteiger partial charge < -0.3 is 5.73 Å². The molecule has 2 N–H and O–H groups in total. The van der Waals surface area contributed by atoms with Crippen LogP contribution < -0.4 is 5.73 Å². The molecule has 0 radical (unpaired) electrons. The van der Waals surface area contributed by atoms with Gasteiger partial charge in [0.05, 0.1) is 11.7 Å². The van der Waals surface area contributed by atoms with Gasteiger partial charge in [-0.15, -0.1) is 0 Å². The third-order valence-electron chi connectivity index (χ3n) is 3.06. The van der Waals surface area contributed by atoms with Gasteiger partial charge >= 0.3 is 0 Å². The van der Waals surface area contributed by atoms with Crippen LogP contribution in [0.1, 0.15) is 43.8 Å². The van der Waals surface area contributed by atoms with Gasteiger partial charge in [0.25, 0.3) is 0 Å². The van der Waals surface area contributed by atoms with E-state index in [4.69, 9.17) is 5.73 Å². The summed E-state index contributed by atoms with van der Waals surface area (Å²) >= 11 is 0. The van der Waals surface area contributed by atoms with Gasteiger partial charge in [-0.3, -0.25) is 4.98 Å². The number of allylic oxidation sites excluding steroid dienone is 1. The van der Waals surface area contributed by atoms with E-state index in [0.717, 1.165) is 24.8 Å². The summed E-state index contributed by atoms with van der Waals surface area (Å²) in [7, 11) is 0. The van der Waals surface area contributed by atoms with E-state index in [1.165, 1.54) is 18.9 Å². The summed E-state index contributed by atoms with van der Waals surface area (Å²) in [4.78, 5) is 4.04. The molecule has 1 aromatic rings. The van der Waals surface area contributed by atoms with Crippen LogP contribution in [0.3, 0.4) is 0 Å². The molecule has 0 saturated carbocycles. The zero-order valence-electron chi connectivity index (χ0n) is 9.32. The molecule has 2 nitrogen and oxygen atoms in total. The highest BCUT2D eigenvalue weighted by molar-refractivity contribution is 5.23. The third-order valence-corrected chi connectivity index (χ3v) is 3.06. The first kappa shape index (κ1) is 11.3. The summed E-state index contributed by atoms with van der Waals surface area (Å²) in [5.41, 5.74) is 7.57. The number of halogens is 1. The van der Waals surface area contributed by atoms with Crippen LogP contribution in [0.15, 0.2) is 30.0 Å². The second kappa shape index (κ2) is 5.21. The van der Waals surface area contributed by atoms with E-state index in [9.17, 15) is 4.39 Å². The number of hydrogen-bond donors (Lipinski definition) is 1. The molecule has 2 rings (SSSR count). The minimum absolute atomic E-state index is 0.305. The van der Waals surface area contributed by atoms with Crippen LogP contribution >= 0.6 is 0 Å². The van der Waals surface area contributed by atoms with Crippen LogP contribution in [0, 0.1) is 5.82 Å². The first-order valence-corrected chi connectivity index (χ1v) is 5.84. The van der Waals surface area contributed by atoms with Gasteiger partial charge in [-0.2, -0.15) is 0 Å². The van der Waals surface area contributed by atoms with E-state index < -0.39 is 0 Å². The standard InChI is InChI=1S/C13H17FN2/c14-11-8-5-9-16-13(11)12(15)10-6-3-1-2-4-7-10/h5-6,8-9,12H,1-4,7,15H2. The van der Waals surface area contributed by atoms with Crippen LogP contribution in [0.2, 0.25) is 0 Å². The molecule has 16 heavy (non-hydrogen) atoms. The molecule has 86 valence electrons. The molecule has 0 aliphatic heterocycles. The average Bonchev–Trinajstić information content (AvgIpc) is 2.57. The van der Waals surface area contributed by atoms with Crippen LogP contribution in [0.25, 0.3) is 0 Å². The Labute approximate surface area is 95.4 Å². The quantitative estimate of drug-likeness (QED) is 0.778. The van der Waals surface area contributed by atoms with Crippen molar-refractivity contribution in [1.82, 2.24) is 4.98 Å². The van der Waals surface area contributed by atoms with Crippen molar-refractivity contribution >= 4 is 0 Å². The molecule has 0 aromatic carbocycles. The highest BCUT2D eigenvalue weighted by Crippen LogP contribution is 2.27. The van der Waals surface area contributed by atoms with Crippen LogP contribution in [0.4, 0.5) is 4.39 Å². The molecule has 1 aromatic heterocycles. The number of nitrogens with zero attached hydrogens (tertiary/aromatic N) is 1. The van der Waals surface area contributed by atoms with Crippen molar-refractivity contribution in [2.75, 3.05) is 0 Å². The Hall–Kier alpha value is -1.22. The van der Waals surface area contributed by atoms with Crippen molar-refractivity contribution in [3.8, 4) is 0 Å². The highest BCUT2D eigenvalue weighted by Gasteiger charge is 2.17. The lowest BCUT2D eigenvalue weighted by Crippen LogP contribution is -2.16. The van der Waals surface area contributed by atoms with Crippen molar-refractivity contribution < 1.29 is 4.39 Å². The Morgan fingerprint density at radius 3 is 3.00 bits per heavy atom. The molecule has 0 saturated heterocycles. The second-order valence-corrected chi connectivity index (χ2v) is 4.23. The molecule has 1 heterocycles. The van der Waals surface area contributed by atoms with Crippen molar-refractivity contribution in [3.63, 3.8) is 0 Å². The van der Waals surface area contributed by atoms with E-state index in [2.05, 4.69) is 11.1 Å². The zero-order chi connectivity index (χ0) is 11.4. The summed E-state index contributed by atoms with van der Waals surface area (Å²) in [5.74, 6) is -0.305. The lowest BCUT2D eigenvalue weighted by Gasteiger charge is -2.15. The van der Waals surface area contributed by atoms with Crippen molar-refractivity contribution in [1.29, 1.82) is 0 Å². The summed E-state index contributed by atoms with van der Waals surface area (Å²) < 4.78 is 13.5. The molecule has 1 unspecified atom stereocenters. The molecule has 0 bridgehead atoms. The van der Waals surface area contributed by atoms with Crippen LogP contribution in [0.5, 0.6) is 0 Å². The number of rotatable bonds is 2. The molecule has 0 amide bonds. The molecular formula is C13H17FN2. The van der Waals surface area contributed by atoms with Gasteiger partial charge in [-0.25, -0.2) is 4.39 Å².